The molecule has 2 aromatic rings. The summed E-state index contributed by atoms with van der Waals surface area (Å²) in [6.07, 6.45) is -0.295. The zero-order valence-corrected chi connectivity index (χ0v) is 12.4. The smallest absolute Gasteiger partial charge is 0.252 e. The highest BCUT2D eigenvalue weighted by molar-refractivity contribution is 9.11. The average molecular weight is 341 g/mol. The summed E-state index contributed by atoms with van der Waals surface area (Å²) in [7, 11) is 0. The Bertz CT molecular complexity index is 586. The molecular formula is C13H13BrN2O2S. The fraction of sp³-hybridized carbons (Fsp3) is 0.154. The van der Waals surface area contributed by atoms with E-state index in [1.807, 2.05) is 12.1 Å². The second-order valence-electron chi connectivity index (χ2n) is 3.84. The fourth-order valence-electron chi connectivity index (χ4n) is 1.65. The summed E-state index contributed by atoms with van der Waals surface area (Å²) >= 11 is 4.95. The molecular weight excluding hydrogens is 328 g/mol. The number of ether oxygens (including phenoxy) is 1. The summed E-state index contributed by atoms with van der Waals surface area (Å²) in [4.78, 5) is 12.3. The molecule has 100 valence electrons. The van der Waals surface area contributed by atoms with Crippen LogP contribution in [0.2, 0.25) is 0 Å². The van der Waals surface area contributed by atoms with E-state index in [0.717, 1.165) is 8.66 Å². The monoisotopic (exact) mass is 340 g/mol. The molecule has 1 atom stereocenters. The van der Waals surface area contributed by atoms with Gasteiger partial charge in [0.25, 0.3) is 5.91 Å². The summed E-state index contributed by atoms with van der Waals surface area (Å²) in [5.74, 6) is -0.0614. The third-order valence-electron chi connectivity index (χ3n) is 2.55. The number of primary amides is 1. The van der Waals surface area contributed by atoms with Gasteiger partial charge in [0.2, 0.25) is 0 Å². The third-order valence-corrected chi connectivity index (χ3v) is 4.26. The Labute approximate surface area is 123 Å². The molecule has 6 heteroatoms. The molecule has 1 unspecified atom stereocenters. The van der Waals surface area contributed by atoms with E-state index in [-0.39, 0.29) is 6.10 Å². The van der Waals surface area contributed by atoms with Gasteiger partial charge in [0, 0.05) is 11.4 Å². The molecule has 0 radical (unpaired) electrons. The van der Waals surface area contributed by atoms with Crippen molar-refractivity contribution in [1.82, 2.24) is 0 Å². The molecule has 0 fully saturated rings. The van der Waals surface area contributed by atoms with E-state index in [1.54, 1.807) is 35.6 Å². The topological polar surface area (TPSA) is 78.3 Å². The van der Waals surface area contributed by atoms with Gasteiger partial charge < -0.3 is 16.2 Å². The van der Waals surface area contributed by atoms with E-state index >= 15 is 0 Å². The van der Waals surface area contributed by atoms with E-state index in [9.17, 15) is 4.79 Å². The molecule has 4 N–H and O–H groups in total. The van der Waals surface area contributed by atoms with Crippen molar-refractivity contribution in [3.8, 4) is 5.75 Å². The number of rotatable bonds is 5. The highest BCUT2D eigenvalue weighted by Crippen LogP contribution is 2.31. The van der Waals surface area contributed by atoms with Gasteiger partial charge in [-0.25, -0.2) is 0 Å². The average Bonchev–Trinajstić information content (AvgIpc) is 2.82. The van der Waals surface area contributed by atoms with Crippen LogP contribution in [0, 0.1) is 0 Å². The molecule has 0 aliphatic carbocycles. The van der Waals surface area contributed by atoms with Crippen LogP contribution in [0.3, 0.4) is 0 Å². The number of halogens is 1. The molecule has 1 aromatic heterocycles. The second-order valence-corrected chi connectivity index (χ2v) is 6.34. The number of hydrogen-bond acceptors (Lipinski definition) is 4. The number of benzene rings is 1. The number of amides is 1. The van der Waals surface area contributed by atoms with Crippen molar-refractivity contribution in [2.45, 2.75) is 6.10 Å². The lowest BCUT2D eigenvalue weighted by Gasteiger charge is -2.17. The Hall–Kier alpha value is -1.37. The number of carbonyl (C=O) groups is 1. The van der Waals surface area contributed by atoms with Crippen molar-refractivity contribution in [2.75, 3.05) is 6.54 Å². The summed E-state index contributed by atoms with van der Waals surface area (Å²) < 4.78 is 6.83. The van der Waals surface area contributed by atoms with Crippen LogP contribution in [0.15, 0.2) is 40.2 Å². The summed E-state index contributed by atoms with van der Waals surface area (Å²) in [5.41, 5.74) is 11.4. The van der Waals surface area contributed by atoms with Crippen molar-refractivity contribution in [3.63, 3.8) is 0 Å². The van der Waals surface area contributed by atoms with E-state index in [4.69, 9.17) is 16.2 Å². The Morgan fingerprint density at radius 3 is 2.63 bits per heavy atom. The van der Waals surface area contributed by atoms with Crippen molar-refractivity contribution in [1.29, 1.82) is 0 Å². The number of hydrogen-bond donors (Lipinski definition) is 2. The SMILES string of the molecule is NCC(Oc1ccccc1C(N)=O)c1ccc(Br)s1. The molecule has 0 aliphatic rings. The van der Waals surface area contributed by atoms with Crippen molar-refractivity contribution >= 4 is 33.2 Å². The molecule has 0 saturated carbocycles. The number of carbonyl (C=O) groups excluding carboxylic acids is 1. The lowest BCUT2D eigenvalue weighted by Crippen LogP contribution is -2.20. The van der Waals surface area contributed by atoms with Crippen LogP contribution >= 0.6 is 27.3 Å². The first-order valence-electron chi connectivity index (χ1n) is 5.62. The predicted molar refractivity (Wildman–Crippen MR) is 79.4 cm³/mol. The normalized spacial score (nSPS) is 12.1. The Morgan fingerprint density at radius 1 is 1.32 bits per heavy atom. The van der Waals surface area contributed by atoms with Gasteiger partial charge in [-0.1, -0.05) is 12.1 Å². The predicted octanol–water partition coefficient (Wildman–Crippen LogP) is 2.69. The Morgan fingerprint density at radius 2 is 2.05 bits per heavy atom. The van der Waals surface area contributed by atoms with Gasteiger partial charge in [0.15, 0.2) is 0 Å². The van der Waals surface area contributed by atoms with Gasteiger partial charge in [-0.2, -0.15) is 0 Å². The van der Waals surface area contributed by atoms with Crippen LogP contribution in [0.5, 0.6) is 5.75 Å². The molecule has 0 aliphatic heterocycles. The minimum absolute atomic E-state index is 0.295. The number of nitrogens with two attached hydrogens (primary N) is 2. The van der Waals surface area contributed by atoms with Crippen molar-refractivity contribution in [2.24, 2.45) is 11.5 Å². The molecule has 1 amide bonds. The van der Waals surface area contributed by atoms with Gasteiger partial charge in [0.05, 0.1) is 9.35 Å². The summed E-state index contributed by atoms with van der Waals surface area (Å²) in [6, 6.07) is 10.8. The largest absolute Gasteiger partial charge is 0.483 e. The molecule has 0 saturated heterocycles. The molecule has 1 aromatic carbocycles. The zero-order valence-electron chi connectivity index (χ0n) is 10.0. The molecule has 19 heavy (non-hydrogen) atoms. The second kappa shape index (κ2) is 6.18. The highest BCUT2D eigenvalue weighted by Gasteiger charge is 2.17. The molecule has 2 rings (SSSR count). The van der Waals surface area contributed by atoms with Crippen LogP contribution in [0.4, 0.5) is 0 Å². The maximum Gasteiger partial charge on any atom is 0.252 e. The number of para-hydroxylation sites is 1. The maximum absolute atomic E-state index is 11.3. The van der Waals surface area contributed by atoms with Gasteiger partial charge in [0.1, 0.15) is 11.9 Å². The lowest BCUT2D eigenvalue weighted by molar-refractivity contribution is 0.0993. The first-order chi connectivity index (χ1) is 9.11. The minimum Gasteiger partial charge on any atom is -0.483 e. The molecule has 4 nitrogen and oxygen atoms in total. The first kappa shape index (κ1) is 14.0. The van der Waals surface area contributed by atoms with Crippen molar-refractivity contribution < 1.29 is 9.53 Å². The van der Waals surface area contributed by atoms with Crippen LogP contribution in [-0.4, -0.2) is 12.5 Å². The van der Waals surface area contributed by atoms with Crippen LogP contribution < -0.4 is 16.2 Å². The first-order valence-corrected chi connectivity index (χ1v) is 7.23. The molecule has 0 spiro atoms. The lowest BCUT2D eigenvalue weighted by atomic mass is 10.2. The van der Waals surface area contributed by atoms with Gasteiger partial charge >= 0.3 is 0 Å². The van der Waals surface area contributed by atoms with E-state index in [1.165, 1.54) is 0 Å². The quantitative estimate of drug-likeness (QED) is 0.878. The Kier molecular flexibility index (Phi) is 4.57. The van der Waals surface area contributed by atoms with Crippen LogP contribution in [0.25, 0.3) is 0 Å². The zero-order chi connectivity index (χ0) is 13.8. The van der Waals surface area contributed by atoms with Gasteiger partial charge in [-0.05, 0) is 40.2 Å². The van der Waals surface area contributed by atoms with Crippen molar-refractivity contribution in [3.05, 3.63) is 50.6 Å². The fourth-order valence-corrected chi connectivity index (χ4v) is 3.12. The van der Waals surface area contributed by atoms with Crippen LogP contribution in [0.1, 0.15) is 21.3 Å². The maximum atomic E-state index is 11.3. The standard InChI is InChI=1S/C13H13BrN2O2S/c14-12-6-5-11(19-12)10(7-15)18-9-4-2-1-3-8(9)13(16)17/h1-6,10H,7,15H2,(H2,16,17). The van der Waals surface area contributed by atoms with Crippen LogP contribution in [-0.2, 0) is 0 Å². The summed E-state index contributed by atoms with van der Waals surface area (Å²) in [6.45, 7) is 0.319. The minimum atomic E-state index is -0.515. The van der Waals surface area contributed by atoms with Gasteiger partial charge in [-0.3, -0.25) is 4.79 Å². The van der Waals surface area contributed by atoms with E-state index in [0.29, 0.717) is 17.9 Å². The van der Waals surface area contributed by atoms with E-state index in [2.05, 4.69) is 15.9 Å². The molecule has 1 heterocycles. The van der Waals surface area contributed by atoms with Gasteiger partial charge in [-0.15, -0.1) is 11.3 Å². The Balaban J connectivity index is 2.26. The molecule has 0 bridgehead atoms. The number of thiophene rings is 1. The highest BCUT2D eigenvalue weighted by atomic mass is 79.9. The summed E-state index contributed by atoms with van der Waals surface area (Å²) in [5, 5.41) is 0. The van der Waals surface area contributed by atoms with E-state index < -0.39 is 5.91 Å². The third kappa shape index (κ3) is 3.34.